The van der Waals surface area contributed by atoms with Crippen LogP contribution in [-0.2, 0) is 19.6 Å². The Bertz CT molecular complexity index is 1350. The Morgan fingerprint density at radius 2 is 1.69 bits per heavy atom. The number of sulfonamides is 1. The Kier molecular flexibility index (Phi) is 8.43. The van der Waals surface area contributed by atoms with Crippen LogP contribution in [-0.4, -0.2) is 44.8 Å². The van der Waals surface area contributed by atoms with Crippen LogP contribution in [0.1, 0.15) is 25.3 Å². The van der Waals surface area contributed by atoms with E-state index in [-0.39, 0.29) is 41.0 Å². The molecule has 1 fully saturated rings. The fraction of sp³-hybridized carbons (Fsp3) is 0.280. The van der Waals surface area contributed by atoms with E-state index in [1.807, 2.05) is 0 Å². The van der Waals surface area contributed by atoms with Crippen LogP contribution in [0.3, 0.4) is 0 Å². The van der Waals surface area contributed by atoms with Crippen molar-refractivity contribution < 1.29 is 27.5 Å². The van der Waals surface area contributed by atoms with Gasteiger partial charge in [-0.2, -0.15) is 14.8 Å². The van der Waals surface area contributed by atoms with Crippen LogP contribution in [0.15, 0.2) is 52.9 Å². The number of esters is 1. The number of ether oxygens (including phenoxy) is 2. The van der Waals surface area contributed by atoms with Gasteiger partial charge in [-0.25, -0.2) is 8.42 Å². The molecule has 1 aliphatic heterocycles. The number of piperidine rings is 1. The second kappa shape index (κ2) is 11.5. The van der Waals surface area contributed by atoms with Crippen molar-refractivity contribution in [1.29, 1.82) is 10.5 Å². The third-order valence-electron chi connectivity index (χ3n) is 5.55. The number of rotatable bonds is 7. The van der Waals surface area contributed by atoms with E-state index < -0.39 is 21.9 Å². The minimum absolute atomic E-state index is 0.0767. The predicted molar refractivity (Wildman–Crippen MR) is 130 cm³/mol. The topological polar surface area (TPSA) is 150 Å². The van der Waals surface area contributed by atoms with E-state index >= 15 is 0 Å². The number of carbonyl (C=O) groups is 2. The van der Waals surface area contributed by atoms with Crippen LogP contribution in [0.2, 0.25) is 0 Å². The summed E-state index contributed by atoms with van der Waals surface area (Å²) < 4.78 is 38.1. The van der Waals surface area contributed by atoms with Gasteiger partial charge in [0.05, 0.1) is 17.9 Å². The molecule has 36 heavy (non-hydrogen) atoms. The highest BCUT2D eigenvalue weighted by Crippen LogP contribution is 2.31. The first-order chi connectivity index (χ1) is 17.2. The zero-order chi connectivity index (χ0) is 26.3. The van der Waals surface area contributed by atoms with Gasteiger partial charge < -0.3 is 14.8 Å². The van der Waals surface area contributed by atoms with Gasteiger partial charge in [-0.15, -0.1) is 0 Å². The van der Waals surface area contributed by atoms with Gasteiger partial charge in [-0.05, 0) is 60.9 Å². The molecule has 1 aliphatic rings. The van der Waals surface area contributed by atoms with Crippen molar-refractivity contribution in [3.8, 4) is 23.6 Å². The Balaban J connectivity index is 1.64. The molecular weight excluding hydrogens is 484 g/mol. The molecule has 0 spiro atoms. The van der Waals surface area contributed by atoms with Crippen molar-refractivity contribution in [3.63, 3.8) is 0 Å². The second-order valence-corrected chi connectivity index (χ2v) is 9.93. The van der Waals surface area contributed by atoms with Crippen LogP contribution in [0.25, 0.3) is 6.08 Å². The molecule has 0 saturated carbocycles. The third kappa shape index (κ3) is 6.27. The van der Waals surface area contributed by atoms with Gasteiger partial charge in [0.1, 0.15) is 17.7 Å². The number of methoxy groups -OCH3 is 1. The lowest BCUT2D eigenvalue weighted by Crippen LogP contribution is -2.41. The van der Waals surface area contributed by atoms with E-state index in [0.29, 0.717) is 24.1 Å². The SMILES string of the molecule is COc1cc(C=C(C#N)C#N)ccc1OC(=O)C1CCN(S(=O)(=O)c2ccc(NC(C)=O)cc2)CC1. The average molecular weight is 509 g/mol. The lowest BCUT2D eigenvalue weighted by atomic mass is 9.98. The van der Waals surface area contributed by atoms with E-state index in [9.17, 15) is 18.0 Å². The summed E-state index contributed by atoms with van der Waals surface area (Å²) in [5, 5.41) is 20.4. The molecule has 11 heteroatoms. The number of nitrogens with one attached hydrogen (secondary N) is 1. The Labute approximate surface area is 209 Å². The highest BCUT2D eigenvalue weighted by atomic mass is 32.2. The van der Waals surface area contributed by atoms with Crippen molar-refractivity contribution in [1.82, 2.24) is 4.31 Å². The van der Waals surface area contributed by atoms with E-state index in [1.54, 1.807) is 24.3 Å². The minimum Gasteiger partial charge on any atom is -0.493 e. The molecule has 0 atom stereocenters. The van der Waals surface area contributed by atoms with E-state index in [1.165, 1.54) is 54.7 Å². The molecule has 3 rings (SSSR count). The van der Waals surface area contributed by atoms with E-state index in [2.05, 4.69) is 5.32 Å². The number of amides is 1. The molecule has 0 radical (unpaired) electrons. The van der Waals surface area contributed by atoms with Gasteiger partial charge in [0.2, 0.25) is 15.9 Å². The molecule has 1 amide bonds. The predicted octanol–water partition coefficient (Wildman–Crippen LogP) is 3.09. The van der Waals surface area contributed by atoms with E-state index in [0.717, 1.165) is 0 Å². The fourth-order valence-electron chi connectivity index (χ4n) is 3.70. The maximum absolute atomic E-state index is 13.0. The lowest BCUT2D eigenvalue weighted by molar-refractivity contribution is -0.140. The van der Waals surface area contributed by atoms with Crippen LogP contribution < -0.4 is 14.8 Å². The highest BCUT2D eigenvalue weighted by molar-refractivity contribution is 7.89. The lowest BCUT2D eigenvalue weighted by Gasteiger charge is -2.30. The molecule has 10 nitrogen and oxygen atoms in total. The van der Waals surface area contributed by atoms with Crippen LogP contribution in [0, 0.1) is 28.6 Å². The van der Waals surface area contributed by atoms with Crippen molar-refractivity contribution in [2.45, 2.75) is 24.7 Å². The number of anilines is 1. The van der Waals surface area contributed by atoms with Crippen molar-refractivity contribution in [2.24, 2.45) is 5.92 Å². The summed E-state index contributed by atoms with van der Waals surface area (Å²) in [4.78, 5) is 24.0. The van der Waals surface area contributed by atoms with Crippen LogP contribution in [0.5, 0.6) is 11.5 Å². The maximum Gasteiger partial charge on any atom is 0.314 e. The van der Waals surface area contributed by atoms with E-state index in [4.69, 9.17) is 20.0 Å². The first-order valence-electron chi connectivity index (χ1n) is 11.0. The zero-order valence-electron chi connectivity index (χ0n) is 19.7. The summed E-state index contributed by atoms with van der Waals surface area (Å²) >= 11 is 0. The van der Waals surface area contributed by atoms with Gasteiger partial charge in [0.15, 0.2) is 11.5 Å². The summed E-state index contributed by atoms with van der Waals surface area (Å²) in [7, 11) is -2.34. The largest absolute Gasteiger partial charge is 0.493 e. The molecule has 2 aromatic rings. The number of hydrogen-bond acceptors (Lipinski definition) is 8. The number of hydrogen-bond donors (Lipinski definition) is 1. The van der Waals surface area contributed by atoms with Crippen LogP contribution in [0.4, 0.5) is 5.69 Å². The number of benzene rings is 2. The number of nitriles is 2. The van der Waals surface area contributed by atoms with Gasteiger partial charge >= 0.3 is 5.97 Å². The average Bonchev–Trinajstić information content (AvgIpc) is 2.88. The summed E-state index contributed by atoms with van der Waals surface area (Å²) in [5.74, 6) is -0.800. The second-order valence-electron chi connectivity index (χ2n) is 8.00. The number of carbonyl (C=O) groups excluding carboxylic acids is 2. The van der Waals surface area contributed by atoms with Crippen molar-refractivity contribution in [2.75, 3.05) is 25.5 Å². The Morgan fingerprint density at radius 1 is 1.06 bits per heavy atom. The summed E-state index contributed by atoms with van der Waals surface area (Å²) in [6.45, 7) is 1.67. The summed E-state index contributed by atoms with van der Waals surface area (Å²) in [6.07, 6.45) is 1.97. The molecule has 1 saturated heterocycles. The molecule has 0 unspecified atom stereocenters. The molecular formula is C25H24N4O6S. The third-order valence-corrected chi connectivity index (χ3v) is 7.46. The molecule has 0 aliphatic carbocycles. The summed E-state index contributed by atoms with van der Waals surface area (Å²) in [6, 6.07) is 14.1. The fourth-order valence-corrected chi connectivity index (χ4v) is 5.17. The molecule has 186 valence electrons. The molecule has 2 aromatic carbocycles. The minimum atomic E-state index is -3.75. The van der Waals surface area contributed by atoms with Crippen molar-refractivity contribution >= 4 is 33.7 Å². The monoisotopic (exact) mass is 508 g/mol. The van der Waals surface area contributed by atoms with Gasteiger partial charge in [0.25, 0.3) is 0 Å². The summed E-state index contributed by atoms with van der Waals surface area (Å²) in [5.41, 5.74) is 0.957. The zero-order valence-corrected chi connectivity index (χ0v) is 20.5. The molecule has 1 heterocycles. The first kappa shape index (κ1) is 26.4. The smallest absolute Gasteiger partial charge is 0.314 e. The maximum atomic E-state index is 13.0. The van der Waals surface area contributed by atoms with Gasteiger partial charge in [0, 0.05) is 25.7 Å². The van der Waals surface area contributed by atoms with Gasteiger partial charge in [-0.1, -0.05) is 6.07 Å². The number of allylic oxidation sites excluding steroid dienone is 1. The normalized spacial score (nSPS) is 14.1. The first-order valence-corrected chi connectivity index (χ1v) is 12.4. The standard InChI is InChI=1S/C25H24N4O6S/c1-17(30)28-21-4-6-22(7-5-21)36(32,33)29-11-9-20(10-12-29)25(31)35-23-8-3-18(14-24(23)34-2)13-19(15-26)16-27/h3-8,13-14,20H,9-12H2,1-2H3,(H,28,30). The molecule has 1 N–H and O–H groups in total. The number of nitrogens with zero attached hydrogens (tertiary/aromatic N) is 3. The molecule has 0 aromatic heterocycles. The Hall–Kier alpha value is -4.19. The van der Waals surface area contributed by atoms with Gasteiger partial charge in [-0.3, -0.25) is 9.59 Å². The quantitative estimate of drug-likeness (QED) is 0.341. The molecule has 0 bridgehead atoms. The van der Waals surface area contributed by atoms with Crippen molar-refractivity contribution in [3.05, 3.63) is 53.6 Å². The Morgan fingerprint density at radius 3 is 2.25 bits per heavy atom. The highest BCUT2D eigenvalue weighted by Gasteiger charge is 2.33. The van der Waals surface area contributed by atoms with Crippen LogP contribution >= 0.6 is 0 Å².